The molecule has 0 N–H and O–H groups in total. The number of morpholine rings is 1. The minimum Gasteiger partial charge on any atom is -0.378 e. The Morgan fingerprint density at radius 3 is 1.91 bits per heavy atom. The summed E-state index contributed by atoms with van der Waals surface area (Å²) in [5.74, 6) is -8.73. The van der Waals surface area contributed by atoms with Crippen LogP contribution in [0.25, 0.3) is 0 Å². The number of allylic oxidation sites excluding steroid dienone is 1. The first-order valence-corrected chi connectivity index (χ1v) is 7.45. The minimum atomic E-state index is -6.19. The van der Waals surface area contributed by atoms with E-state index in [0.29, 0.717) is 0 Å². The van der Waals surface area contributed by atoms with Crippen molar-refractivity contribution >= 4 is 7.60 Å². The Morgan fingerprint density at radius 1 is 1.09 bits per heavy atom. The van der Waals surface area contributed by atoms with Gasteiger partial charge in [0.15, 0.2) is 5.44 Å². The number of alkyl halides is 5. The van der Waals surface area contributed by atoms with Crippen molar-refractivity contribution in [2.45, 2.75) is 12.1 Å². The summed E-state index contributed by atoms with van der Waals surface area (Å²) in [6.45, 7) is -0.621. The number of halogens is 6. The van der Waals surface area contributed by atoms with E-state index < -0.39 is 31.0 Å². The standard InChI is InChI=1S/C10H14F6NO4P/c1-19-22(18,20-2)8(17-3-5-21-6-4-17)7(11)9(12,13)10(14,15)16/h3-6H2,1-2H3/b8-7-. The van der Waals surface area contributed by atoms with Gasteiger partial charge >= 0.3 is 19.7 Å². The van der Waals surface area contributed by atoms with Crippen LogP contribution < -0.4 is 0 Å². The maximum atomic E-state index is 14.0. The number of nitrogens with zero attached hydrogens (tertiary/aromatic N) is 1. The molecule has 5 nitrogen and oxygen atoms in total. The predicted octanol–water partition coefficient (Wildman–Crippen LogP) is 3.14. The van der Waals surface area contributed by atoms with Crippen LogP contribution in [0.1, 0.15) is 0 Å². The van der Waals surface area contributed by atoms with Gasteiger partial charge in [-0.05, 0) is 0 Å². The second-order valence-corrected chi connectivity index (χ2v) is 6.32. The van der Waals surface area contributed by atoms with E-state index in [1.165, 1.54) is 0 Å². The van der Waals surface area contributed by atoms with Gasteiger partial charge in [-0.25, -0.2) is 4.39 Å². The Labute approximate surface area is 122 Å². The van der Waals surface area contributed by atoms with Gasteiger partial charge < -0.3 is 18.7 Å². The Kier molecular flexibility index (Phi) is 5.94. The van der Waals surface area contributed by atoms with E-state index in [1.54, 1.807) is 0 Å². The first-order valence-electron chi connectivity index (χ1n) is 5.91. The second-order valence-electron chi connectivity index (χ2n) is 4.17. The molecule has 0 unspecified atom stereocenters. The van der Waals surface area contributed by atoms with Crippen molar-refractivity contribution < 1.29 is 44.7 Å². The zero-order valence-electron chi connectivity index (χ0n) is 11.6. The van der Waals surface area contributed by atoms with Gasteiger partial charge in [-0.2, -0.15) is 22.0 Å². The lowest BCUT2D eigenvalue weighted by molar-refractivity contribution is -0.271. The summed E-state index contributed by atoms with van der Waals surface area (Å²) in [4.78, 5) is 0.742. The van der Waals surface area contributed by atoms with Crippen molar-refractivity contribution in [1.29, 1.82) is 0 Å². The average molecular weight is 357 g/mol. The summed E-state index contributed by atoms with van der Waals surface area (Å²) in [5.41, 5.74) is -1.44. The highest BCUT2D eigenvalue weighted by Crippen LogP contribution is 2.60. The molecule has 1 rings (SSSR count). The van der Waals surface area contributed by atoms with Gasteiger partial charge in [-0.1, -0.05) is 0 Å². The molecule has 130 valence electrons. The molecule has 0 aromatic rings. The maximum Gasteiger partial charge on any atom is 0.460 e. The van der Waals surface area contributed by atoms with Crippen LogP contribution in [0.3, 0.4) is 0 Å². The molecule has 0 aromatic heterocycles. The molecular formula is C10H14F6NO4P. The summed E-state index contributed by atoms with van der Waals surface area (Å²) in [5, 5.41) is 0. The van der Waals surface area contributed by atoms with E-state index in [9.17, 15) is 30.9 Å². The molecule has 0 aliphatic carbocycles. The first kappa shape index (κ1) is 19.3. The van der Waals surface area contributed by atoms with Crippen LogP contribution >= 0.6 is 7.60 Å². The minimum absolute atomic E-state index is 0.0677. The van der Waals surface area contributed by atoms with Crippen molar-refractivity contribution in [2.24, 2.45) is 0 Å². The van der Waals surface area contributed by atoms with Crippen molar-refractivity contribution in [1.82, 2.24) is 4.90 Å². The summed E-state index contributed by atoms with van der Waals surface area (Å²) in [6.07, 6.45) is -6.19. The second kappa shape index (κ2) is 6.77. The van der Waals surface area contributed by atoms with Crippen LogP contribution in [-0.2, 0) is 18.3 Å². The molecule has 12 heteroatoms. The van der Waals surface area contributed by atoms with Gasteiger partial charge in [0.1, 0.15) is 0 Å². The van der Waals surface area contributed by atoms with Crippen LogP contribution in [0.5, 0.6) is 0 Å². The van der Waals surface area contributed by atoms with Gasteiger partial charge in [0.2, 0.25) is 5.83 Å². The van der Waals surface area contributed by atoms with Crippen LogP contribution in [-0.4, -0.2) is 57.5 Å². The molecule has 0 spiro atoms. The predicted molar refractivity (Wildman–Crippen MR) is 63.2 cm³/mol. The highest BCUT2D eigenvalue weighted by molar-refractivity contribution is 7.58. The Balaban J connectivity index is 3.48. The molecule has 0 amide bonds. The summed E-state index contributed by atoms with van der Waals surface area (Å²) < 4.78 is 104. The Morgan fingerprint density at radius 2 is 1.55 bits per heavy atom. The summed E-state index contributed by atoms with van der Waals surface area (Å²) in [7, 11) is -3.18. The van der Waals surface area contributed by atoms with Crippen LogP contribution in [0.4, 0.5) is 26.3 Å². The van der Waals surface area contributed by atoms with E-state index in [-0.39, 0.29) is 26.3 Å². The van der Waals surface area contributed by atoms with Crippen molar-refractivity contribution in [3.05, 3.63) is 11.3 Å². The van der Waals surface area contributed by atoms with E-state index in [0.717, 1.165) is 19.1 Å². The molecule has 22 heavy (non-hydrogen) atoms. The average Bonchev–Trinajstić information content (AvgIpc) is 2.47. The third kappa shape index (κ3) is 3.58. The molecule has 1 fully saturated rings. The summed E-state index contributed by atoms with van der Waals surface area (Å²) in [6, 6.07) is 0. The zero-order chi connectivity index (χ0) is 17.2. The topological polar surface area (TPSA) is 48.0 Å². The third-order valence-corrected chi connectivity index (χ3v) is 4.84. The van der Waals surface area contributed by atoms with E-state index in [2.05, 4.69) is 9.05 Å². The molecule has 0 radical (unpaired) electrons. The number of hydrogen-bond acceptors (Lipinski definition) is 5. The molecule has 1 aliphatic rings. The van der Waals surface area contributed by atoms with E-state index in [4.69, 9.17) is 4.74 Å². The molecule has 1 heterocycles. The quantitative estimate of drug-likeness (QED) is 0.559. The maximum absolute atomic E-state index is 14.0. The number of hydrogen-bond donors (Lipinski definition) is 0. The van der Waals surface area contributed by atoms with Crippen molar-refractivity contribution in [3.63, 3.8) is 0 Å². The number of rotatable bonds is 5. The lowest BCUT2D eigenvalue weighted by Crippen LogP contribution is -2.42. The van der Waals surface area contributed by atoms with Gasteiger partial charge in [-0.15, -0.1) is 0 Å². The molecule has 0 bridgehead atoms. The Bertz CT molecular complexity index is 467. The van der Waals surface area contributed by atoms with Crippen molar-refractivity contribution in [3.8, 4) is 0 Å². The van der Waals surface area contributed by atoms with Gasteiger partial charge in [0, 0.05) is 27.3 Å². The van der Waals surface area contributed by atoms with Crippen molar-refractivity contribution in [2.75, 3.05) is 40.5 Å². The van der Waals surface area contributed by atoms with Gasteiger partial charge in [0.25, 0.3) is 0 Å². The van der Waals surface area contributed by atoms with Gasteiger partial charge in [0.05, 0.1) is 13.2 Å². The molecule has 0 aromatic carbocycles. The molecular weight excluding hydrogens is 343 g/mol. The normalized spacial score (nSPS) is 19.2. The third-order valence-electron chi connectivity index (χ3n) is 2.88. The van der Waals surface area contributed by atoms with E-state index in [1.807, 2.05) is 0 Å². The monoisotopic (exact) mass is 357 g/mol. The van der Waals surface area contributed by atoms with Gasteiger partial charge in [-0.3, -0.25) is 4.57 Å². The summed E-state index contributed by atoms with van der Waals surface area (Å²) >= 11 is 0. The lowest BCUT2D eigenvalue weighted by atomic mass is 10.3. The highest BCUT2D eigenvalue weighted by atomic mass is 31.2. The molecule has 0 saturated carbocycles. The zero-order valence-corrected chi connectivity index (χ0v) is 12.5. The lowest BCUT2D eigenvalue weighted by Gasteiger charge is -2.34. The first-order chi connectivity index (χ1) is 10.0. The van der Waals surface area contributed by atoms with Crippen LogP contribution in [0.15, 0.2) is 11.3 Å². The van der Waals surface area contributed by atoms with Crippen LogP contribution in [0, 0.1) is 0 Å². The van der Waals surface area contributed by atoms with E-state index >= 15 is 0 Å². The Hall–Kier alpha value is -0.770. The molecule has 0 atom stereocenters. The fourth-order valence-corrected chi connectivity index (χ4v) is 3.14. The SMILES string of the molecule is COP(=O)(OC)/C(=C(\F)C(F)(F)C(F)(F)F)N1CCOCC1. The van der Waals surface area contributed by atoms with Crippen LogP contribution in [0.2, 0.25) is 0 Å². The smallest absolute Gasteiger partial charge is 0.378 e. The fraction of sp³-hybridized carbons (Fsp3) is 0.800. The number of ether oxygens (including phenoxy) is 1. The highest BCUT2D eigenvalue weighted by Gasteiger charge is 2.64. The fourth-order valence-electron chi connectivity index (χ4n) is 1.72. The largest absolute Gasteiger partial charge is 0.460 e. The molecule has 1 aliphatic heterocycles. The molecule has 1 saturated heterocycles.